The zero-order valence-corrected chi connectivity index (χ0v) is 17.2. The number of aromatic nitrogens is 2. The highest BCUT2D eigenvalue weighted by molar-refractivity contribution is 5.81. The molecule has 1 aliphatic heterocycles. The first kappa shape index (κ1) is 20.4. The van der Waals surface area contributed by atoms with Crippen molar-refractivity contribution in [2.24, 2.45) is 10.4 Å². The lowest BCUT2D eigenvalue weighted by atomic mass is 9.67. The summed E-state index contributed by atoms with van der Waals surface area (Å²) in [5.74, 6) is 1.71. The zero-order valence-electron chi connectivity index (χ0n) is 17.2. The van der Waals surface area contributed by atoms with Crippen LogP contribution in [0.4, 0.5) is 5.95 Å². The van der Waals surface area contributed by atoms with Crippen molar-refractivity contribution in [3.63, 3.8) is 0 Å². The van der Waals surface area contributed by atoms with Gasteiger partial charge in [0.2, 0.25) is 11.9 Å². The predicted octanol–water partition coefficient (Wildman–Crippen LogP) is 1.26. The van der Waals surface area contributed by atoms with Gasteiger partial charge in [-0.1, -0.05) is 13.3 Å². The average molecular weight is 388 g/mol. The molecule has 0 unspecified atom stereocenters. The first-order valence-electron chi connectivity index (χ1n) is 10.4. The number of amides is 1. The SMILES string of the molecule is CCC1(CNC(=NC)NCCC(=O)N2CCN(c3ncccn3)CC2)CCC1. The van der Waals surface area contributed by atoms with E-state index in [0.717, 1.165) is 31.5 Å². The minimum absolute atomic E-state index is 0.181. The van der Waals surface area contributed by atoms with E-state index in [4.69, 9.17) is 0 Å². The second-order valence-corrected chi connectivity index (χ2v) is 7.73. The standard InChI is InChI=1S/C20H33N7O/c1-3-20(7-4-8-20)16-25-18(21-2)22-11-6-17(28)26-12-14-27(15-13-26)19-23-9-5-10-24-19/h5,9-10H,3-4,6-8,11-16H2,1-2H3,(H2,21,22,25). The molecule has 2 heterocycles. The molecule has 2 fully saturated rings. The molecule has 1 aromatic rings. The number of rotatable bonds is 7. The van der Waals surface area contributed by atoms with E-state index >= 15 is 0 Å². The summed E-state index contributed by atoms with van der Waals surface area (Å²) >= 11 is 0. The van der Waals surface area contributed by atoms with Crippen molar-refractivity contribution < 1.29 is 4.79 Å². The fourth-order valence-corrected chi connectivity index (χ4v) is 3.88. The topological polar surface area (TPSA) is 85.8 Å². The number of aliphatic imine (C=N–C) groups is 1. The summed E-state index contributed by atoms with van der Waals surface area (Å²) in [4.78, 5) is 29.4. The van der Waals surface area contributed by atoms with Crippen molar-refractivity contribution in [2.75, 3.05) is 51.2 Å². The van der Waals surface area contributed by atoms with Crippen molar-refractivity contribution in [3.8, 4) is 0 Å². The molecule has 154 valence electrons. The van der Waals surface area contributed by atoms with Crippen molar-refractivity contribution in [1.82, 2.24) is 25.5 Å². The molecule has 1 amide bonds. The van der Waals surface area contributed by atoms with Crippen LogP contribution in [-0.2, 0) is 4.79 Å². The quantitative estimate of drug-likeness (QED) is 0.541. The van der Waals surface area contributed by atoms with Gasteiger partial charge in [0.25, 0.3) is 0 Å². The Balaban J connectivity index is 1.35. The number of nitrogens with zero attached hydrogens (tertiary/aromatic N) is 5. The lowest BCUT2D eigenvalue weighted by molar-refractivity contribution is -0.131. The van der Waals surface area contributed by atoms with Crippen LogP contribution >= 0.6 is 0 Å². The van der Waals surface area contributed by atoms with E-state index in [-0.39, 0.29) is 5.91 Å². The van der Waals surface area contributed by atoms with Gasteiger partial charge in [0, 0.05) is 65.1 Å². The van der Waals surface area contributed by atoms with Crippen molar-refractivity contribution in [1.29, 1.82) is 0 Å². The van der Waals surface area contributed by atoms with Crippen LogP contribution in [0.25, 0.3) is 0 Å². The van der Waals surface area contributed by atoms with Gasteiger partial charge in [0.05, 0.1) is 0 Å². The average Bonchev–Trinajstić information content (AvgIpc) is 2.72. The van der Waals surface area contributed by atoms with Gasteiger partial charge in [-0.3, -0.25) is 9.79 Å². The Morgan fingerprint density at radius 2 is 1.89 bits per heavy atom. The molecule has 1 saturated carbocycles. The summed E-state index contributed by atoms with van der Waals surface area (Å²) < 4.78 is 0. The third-order valence-electron chi connectivity index (χ3n) is 6.12. The van der Waals surface area contributed by atoms with Gasteiger partial charge < -0.3 is 20.4 Å². The molecule has 0 bridgehead atoms. The molecule has 1 saturated heterocycles. The lowest BCUT2D eigenvalue weighted by Gasteiger charge is -2.41. The molecule has 0 spiro atoms. The summed E-state index contributed by atoms with van der Waals surface area (Å²) in [6.07, 6.45) is 9.11. The fraction of sp³-hybridized carbons (Fsp3) is 0.700. The molecular weight excluding hydrogens is 354 g/mol. The predicted molar refractivity (Wildman–Crippen MR) is 111 cm³/mol. The number of nitrogens with one attached hydrogen (secondary N) is 2. The lowest BCUT2D eigenvalue weighted by Crippen LogP contribution is -2.50. The van der Waals surface area contributed by atoms with Crippen LogP contribution in [0.2, 0.25) is 0 Å². The minimum Gasteiger partial charge on any atom is -0.356 e. The van der Waals surface area contributed by atoms with Crippen LogP contribution < -0.4 is 15.5 Å². The fourth-order valence-electron chi connectivity index (χ4n) is 3.88. The maximum atomic E-state index is 12.5. The van der Waals surface area contributed by atoms with Gasteiger partial charge in [0.15, 0.2) is 5.96 Å². The van der Waals surface area contributed by atoms with E-state index < -0.39 is 0 Å². The third-order valence-corrected chi connectivity index (χ3v) is 6.12. The van der Waals surface area contributed by atoms with Crippen LogP contribution in [0.15, 0.2) is 23.5 Å². The molecule has 1 aromatic heterocycles. The first-order valence-corrected chi connectivity index (χ1v) is 10.4. The largest absolute Gasteiger partial charge is 0.356 e. The summed E-state index contributed by atoms with van der Waals surface area (Å²) in [7, 11) is 1.78. The zero-order chi connectivity index (χ0) is 19.8. The summed E-state index contributed by atoms with van der Waals surface area (Å²) in [6.45, 7) is 6.78. The minimum atomic E-state index is 0.181. The Morgan fingerprint density at radius 3 is 2.46 bits per heavy atom. The highest BCUT2D eigenvalue weighted by atomic mass is 16.2. The smallest absolute Gasteiger partial charge is 0.225 e. The number of piperazine rings is 1. The van der Waals surface area contributed by atoms with E-state index in [9.17, 15) is 4.79 Å². The monoisotopic (exact) mass is 387 g/mol. The second-order valence-electron chi connectivity index (χ2n) is 7.73. The number of carbonyl (C=O) groups is 1. The van der Waals surface area contributed by atoms with Crippen molar-refractivity contribution in [2.45, 2.75) is 39.0 Å². The molecule has 0 aromatic carbocycles. The van der Waals surface area contributed by atoms with Crippen LogP contribution in [0.5, 0.6) is 0 Å². The number of hydrogen-bond acceptors (Lipinski definition) is 5. The van der Waals surface area contributed by atoms with Crippen molar-refractivity contribution >= 4 is 17.8 Å². The van der Waals surface area contributed by atoms with Gasteiger partial charge in [-0.25, -0.2) is 9.97 Å². The van der Waals surface area contributed by atoms with Gasteiger partial charge >= 0.3 is 0 Å². The van der Waals surface area contributed by atoms with Crippen LogP contribution in [0, 0.1) is 5.41 Å². The Kier molecular flexibility index (Phi) is 7.06. The van der Waals surface area contributed by atoms with Crippen LogP contribution in [0.1, 0.15) is 39.0 Å². The molecule has 3 rings (SSSR count). The maximum Gasteiger partial charge on any atom is 0.225 e. The Morgan fingerprint density at radius 1 is 1.18 bits per heavy atom. The molecular formula is C20H33N7O. The molecule has 28 heavy (non-hydrogen) atoms. The maximum absolute atomic E-state index is 12.5. The van der Waals surface area contributed by atoms with Gasteiger partial charge in [0.1, 0.15) is 0 Å². The van der Waals surface area contributed by atoms with E-state index in [1.165, 1.54) is 25.7 Å². The molecule has 0 radical (unpaired) electrons. The van der Waals surface area contributed by atoms with Gasteiger partial charge in [-0.15, -0.1) is 0 Å². The molecule has 2 N–H and O–H groups in total. The van der Waals surface area contributed by atoms with Gasteiger partial charge in [-0.05, 0) is 30.7 Å². The highest BCUT2D eigenvalue weighted by Gasteiger charge is 2.34. The van der Waals surface area contributed by atoms with E-state index in [0.29, 0.717) is 31.5 Å². The molecule has 8 heteroatoms. The summed E-state index contributed by atoms with van der Waals surface area (Å²) in [6, 6.07) is 1.81. The highest BCUT2D eigenvalue weighted by Crippen LogP contribution is 2.42. The normalized spacial score (nSPS) is 19.1. The number of hydrogen-bond donors (Lipinski definition) is 2. The Labute approximate surface area is 167 Å². The third kappa shape index (κ3) is 5.11. The molecule has 8 nitrogen and oxygen atoms in total. The Hall–Kier alpha value is -2.38. The summed E-state index contributed by atoms with van der Waals surface area (Å²) in [5, 5.41) is 6.71. The van der Waals surface area contributed by atoms with Crippen LogP contribution in [0.3, 0.4) is 0 Å². The summed E-state index contributed by atoms with van der Waals surface area (Å²) in [5.41, 5.74) is 0.440. The molecule has 1 aliphatic carbocycles. The molecule has 2 aliphatic rings. The van der Waals surface area contributed by atoms with Crippen molar-refractivity contribution in [3.05, 3.63) is 18.5 Å². The first-order chi connectivity index (χ1) is 13.7. The number of anilines is 1. The Bertz CT molecular complexity index is 646. The van der Waals surface area contributed by atoms with E-state index in [2.05, 4.69) is 37.4 Å². The number of guanidine groups is 1. The number of carbonyl (C=O) groups excluding carboxylic acids is 1. The van der Waals surface area contributed by atoms with E-state index in [1.54, 1.807) is 19.4 Å². The van der Waals surface area contributed by atoms with Gasteiger partial charge in [-0.2, -0.15) is 0 Å². The van der Waals surface area contributed by atoms with E-state index in [1.807, 2.05) is 11.0 Å². The molecule has 0 atom stereocenters. The second kappa shape index (κ2) is 9.71. The van der Waals surface area contributed by atoms with Crippen LogP contribution in [-0.4, -0.2) is 73.1 Å².